The summed E-state index contributed by atoms with van der Waals surface area (Å²) in [5.41, 5.74) is 2.66. The van der Waals surface area contributed by atoms with E-state index in [1.54, 1.807) is 0 Å². The Morgan fingerprint density at radius 1 is 1.38 bits per heavy atom. The largest absolute Gasteiger partial charge is 0.294 e. The van der Waals surface area contributed by atoms with Gasteiger partial charge in [0.1, 0.15) is 5.60 Å². The summed E-state index contributed by atoms with van der Waals surface area (Å²) in [5.74, 6) is 5.25. The molecule has 0 unspecified atom stereocenters. The van der Waals surface area contributed by atoms with E-state index in [-0.39, 0.29) is 0 Å². The standard InChI is InChI=1S/C9H17N3O/c1-6-8(9(3,4)13-10)7(2)12(5)11-6/h10H2,1-5H3. The Labute approximate surface area is 78.6 Å². The zero-order valence-corrected chi connectivity index (χ0v) is 8.88. The predicted molar refractivity (Wildman–Crippen MR) is 51.0 cm³/mol. The van der Waals surface area contributed by atoms with Crippen molar-refractivity contribution < 1.29 is 4.84 Å². The van der Waals surface area contributed by atoms with Crippen LogP contribution in [0.2, 0.25) is 0 Å². The van der Waals surface area contributed by atoms with Gasteiger partial charge in [-0.1, -0.05) is 0 Å². The Balaban J connectivity index is 3.28. The van der Waals surface area contributed by atoms with Crippen LogP contribution in [0.25, 0.3) is 0 Å². The molecule has 2 N–H and O–H groups in total. The molecule has 0 radical (unpaired) electrons. The van der Waals surface area contributed by atoms with Crippen molar-refractivity contribution >= 4 is 0 Å². The van der Waals surface area contributed by atoms with Crippen LogP contribution in [0.5, 0.6) is 0 Å². The Morgan fingerprint density at radius 2 is 1.92 bits per heavy atom. The van der Waals surface area contributed by atoms with Gasteiger partial charge in [0.15, 0.2) is 0 Å². The van der Waals surface area contributed by atoms with Crippen LogP contribution in [0.15, 0.2) is 0 Å². The maximum atomic E-state index is 5.25. The molecule has 4 heteroatoms. The van der Waals surface area contributed by atoms with E-state index in [0.717, 1.165) is 17.0 Å². The third kappa shape index (κ3) is 1.59. The number of nitrogens with two attached hydrogens (primary N) is 1. The highest BCUT2D eigenvalue weighted by Crippen LogP contribution is 2.28. The first-order chi connectivity index (χ1) is 5.90. The number of rotatable bonds is 2. The third-order valence-electron chi connectivity index (χ3n) is 2.41. The minimum Gasteiger partial charge on any atom is -0.294 e. The van der Waals surface area contributed by atoms with Crippen LogP contribution in [-0.4, -0.2) is 9.78 Å². The number of nitrogens with zero attached hydrogens (tertiary/aromatic N) is 2. The fourth-order valence-corrected chi connectivity index (χ4v) is 1.70. The average molecular weight is 183 g/mol. The molecule has 13 heavy (non-hydrogen) atoms. The summed E-state index contributed by atoms with van der Waals surface area (Å²) in [4.78, 5) is 4.95. The lowest BCUT2D eigenvalue weighted by atomic mass is 9.96. The summed E-state index contributed by atoms with van der Waals surface area (Å²) in [5, 5.41) is 4.31. The first-order valence-corrected chi connectivity index (χ1v) is 4.28. The second-order valence-electron chi connectivity index (χ2n) is 3.80. The summed E-state index contributed by atoms with van der Waals surface area (Å²) in [6.45, 7) is 7.84. The van der Waals surface area contributed by atoms with E-state index in [1.807, 2.05) is 39.4 Å². The van der Waals surface area contributed by atoms with E-state index < -0.39 is 5.60 Å². The molecule has 1 heterocycles. The van der Waals surface area contributed by atoms with Crippen molar-refractivity contribution in [1.29, 1.82) is 0 Å². The van der Waals surface area contributed by atoms with Crippen LogP contribution in [0.1, 0.15) is 30.8 Å². The van der Waals surface area contributed by atoms with Gasteiger partial charge in [0.05, 0.1) is 5.69 Å². The lowest BCUT2D eigenvalue weighted by Gasteiger charge is -2.22. The molecule has 0 amide bonds. The average Bonchev–Trinajstić information content (AvgIpc) is 2.27. The molecule has 1 aromatic heterocycles. The summed E-state index contributed by atoms with van der Waals surface area (Å²) in [6, 6.07) is 0. The minimum absolute atomic E-state index is 0.470. The van der Waals surface area contributed by atoms with Crippen LogP contribution < -0.4 is 5.90 Å². The van der Waals surface area contributed by atoms with Crippen LogP contribution in [0.3, 0.4) is 0 Å². The molecular formula is C9H17N3O. The smallest absolute Gasteiger partial charge is 0.112 e. The zero-order chi connectivity index (χ0) is 10.2. The number of hydrogen-bond donors (Lipinski definition) is 1. The molecule has 74 valence electrons. The van der Waals surface area contributed by atoms with Gasteiger partial charge < -0.3 is 0 Å². The van der Waals surface area contributed by atoms with Crippen LogP contribution in [0.4, 0.5) is 0 Å². The molecule has 0 spiro atoms. The second-order valence-corrected chi connectivity index (χ2v) is 3.80. The van der Waals surface area contributed by atoms with Crippen molar-refractivity contribution in [3.8, 4) is 0 Å². The van der Waals surface area contributed by atoms with E-state index in [1.165, 1.54) is 0 Å². The third-order valence-corrected chi connectivity index (χ3v) is 2.41. The highest BCUT2D eigenvalue weighted by atomic mass is 16.6. The molecule has 0 aliphatic heterocycles. The molecule has 0 bridgehead atoms. The maximum Gasteiger partial charge on any atom is 0.112 e. The van der Waals surface area contributed by atoms with Crippen LogP contribution >= 0.6 is 0 Å². The summed E-state index contributed by atoms with van der Waals surface area (Å²) < 4.78 is 1.84. The van der Waals surface area contributed by atoms with Gasteiger partial charge >= 0.3 is 0 Å². The zero-order valence-electron chi connectivity index (χ0n) is 8.88. The summed E-state index contributed by atoms with van der Waals surface area (Å²) >= 11 is 0. The van der Waals surface area contributed by atoms with Gasteiger partial charge in [-0.2, -0.15) is 5.10 Å². The Hall–Kier alpha value is -0.870. The quantitative estimate of drug-likeness (QED) is 0.700. The molecule has 0 aliphatic carbocycles. The first kappa shape index (κ1) is 10.2. The number of hydrogen-bond acceptors (Lipinski definition) is 3. The van der Waals surface area contributed by atoms with E-state index in [0.29, 0.717) is 0 Å². The summed E-state index contributed by atoms with van der Waals surface area (Å²) in [7, 11) is 1.92. The normalized spacial score (nSPS) is 12.2. The van der Waals surface area contributed by atoms with Crippen molar-refractivity contribution in [3.63, 3.8) is 0 Å². The topological polar surface area (TPSA) is 53.1 Å². The van der Waals surface area contributed by atoms with Gasteiger partial charge in [-0.05, 0) is 27.7 Å². The molecule has 0 saturated carbocycles. The Kier molecular flexibility index (Phi) is 2.45. The molecule has 0 saturated heterocycles. The van der Waals surface area contributed by atoms with E-state index >= 15 is 0 Å². The van der Waals surface area contributed by atoms with Crippen LogP contribution in [-0.2, 0) is 17.5 Å². The van der Waals surface area contributed by atoms with Crippen molar-refractivity contribution in [2.75, 3.05) is 0 Å². The van der Waals surface area contributed by atoms with Gasteiger partial charge in [0, 0.05) is 18.3 Å². The molecule has 0 aliphatic rings. The minimum atomic E-state index is -0.470. The molecule has 1 rings (SSSR count). The van der Waals surface area contributed by atoms with E-state index in [4.69, 9.17) is 10.7 Å². The second kappa shape index (κ2) is 3.12. The van der Waals surface area contributed by atoms with Crippen molar-refractivity contribution in [1.82, 2.24) is 9.78 Å². The van der Waals surface area contributed by atoms with E-state index in [2.05, 4.69) is 5.10 Å². The van der Waals surface area contributed by atoms with Gasteiger partial charge in [-0.15, -0.1) is 0 Å². The lowest BCUT2D eigenvalue weighted by molar-refractivity contribution is -0.0245. The number of aryl methyl sites for hydroxylation is 2. The van der Waals surface area contributed by atoms with Gasteiger partial charge in [-0.3, -0.25) is 9.52 Å². The highest BCUT2D eigenvalue weighted by molar-refractivity contribution is 5.29. The first-order valence-electron chi connectivity index (χ1n) is 4.28. The summed E-state index contributed by atoms with van der Waals surface area (Å²) in [6.07, 6.45) is 0. The lowest BCUT2D eigenvalue weighted by Crippen LogP contribution is -2.26. The fraction of sp³-hybridized carbons (Fsp3) is 0.667. The van der Waals surface area contributed by atoms with Crippen molar-refractivity contribution in [2.45, 2.75) is 33.3 Å². The molecule has 4 nitrogen and oxygen atoms in total. The van der Waals surface area contributed by atoms with Gasteiger partial charge in [0.2, 0.25) is 0 Å². The van der Waals surface area contributed by atoms with Gasteiger partial charge in [0.25, 0.3) is 0 Å². The molecule has 0 fully saturated rings. The predicted octanol–water partition coefficient (Wildman–Crippen LogP) is 1.16. The monoisotopic (exact) mass is 183 g/mol. The molecular weight excluding hydrogens is 166 g/mol. The van der Waals surface area contributed by atoms with Crippen molar-refractivity contribution in [3.05, 3.63) is 17.0 Å². The fourth-order valence-electron chi connectivity index (χ4n) is 1.70. The SMILES string of the molecule is Cc1nn(C)c(C)c1C(C)(C)ON. The number of aromatic nitrogens is 2. The van der Waals surface area contributed by atoms with Crippen molar-refractivity contribution in [2.24, 2.45) is 12.9 Å². The molecule has 1 aromatic rings. The highest BCUT2D eigenvalue weighted by Gasteiger charge is 2.27. The molecule has 0 aromatic carbocycles. The Morgan fingerprint density at radius 3 is 2.23 bits per heavy atom. The maximum absolute atomic E-state index is 5.25. The van der Waals surface area contributed by atoms with Crippen LogP contribution in [0, 0.1) is 13.8 Å². The molecule has 0 atom stereocenters. The van der Waals surface area contributed by atoms with E-state index in [9.17, 15) is 0 Å². The Bertz CT molecular complexity index is 315. The van der Waals surface area contributed by atoms with Gasteiger partial charge in [-0.25, -0.2) is 5.90 Å².